The number of hydrogen-bond donors (Lipinski definition) is 0. The van der Waals surface area contributed by atoms with Crippen LogP contribution >= 0.6 is 0 Å². The summed E-state index contributed by atoms with van der Waals surface area (Å²) in [6, 6.07) is 0. The normalized spacial score (nSPS) is 30.1. The molecular formula is C11H18O4. The number of rotatable bonds is 0. The van der Waals surface area contributed by atoms with E-state index in [0.717, 1.165) is 12.0 Å². The van der Waals surface area contributed by atoms with Gasteiger partial charge in [-0.1, -0.05) is 20.4 Å². The zero-order valence-corrected chi connectivity index (χ0v) is 9.38. The molecule has 0 unspecified atom stereocenters. The lowest BCUT2D eigenvalue weighted by Crippen LogP contribution is -2.50. The van der Waals surface area contributed by atoms with Gasteiger partial charge in [0.2, 0.25) is 0 Å². The lowest BCUT2D eigenvalue weighted by molar-refractivity contribution is -0.518. The van der Waals surface area contributed by atoms with E-state index < -0.39 is 6.16 Å². The lowest BCUT2D eigenvalue weighted by atomic mass is 9.96. The zero-order chi connectivity index (χ0) is 10.9. The van der Waals surface area contributed by atoms with E-state index in [1.54, 1.807) is 0 Å². The average molecular weight is 214 g/mol. The Labute approximate surface area is 90.1 Å². The van der Waals surface area contributed by atoms with Crippen LogP contribution in [0.15, 0.2) is 12.2 Å². The molecule has 0 saturated carbocycles. The first-order chi connectivity index (χ1) is 7.02. The van der Waals surface area contributed by atoms with Gasteiger partial charge < -0.3 is 14.2 Å². The minimum atomic E-state index is -1.28. The molecule has 0 bridgehead atoms. The Bertz CT molecular complexity index is 249. The van der Waals surface area contributed by atoms with Crippen LogP contribution in [-0.4, -0.2) is 32.6 Å². The molecule has 0 amide bonds. The maximum absolute atomic E-state index is 5.54. The van der Waals surface area contributed by atoms with E-state index in [2.05, 4.69) is 20.4 Å². The van der Waals surface area contributed by atoms with Gasteiger partial charge in [0.25, 0.3) is 0 Å². The van der Waals surface area contributed by atoms with E-state index in [1.165, 1.54) is 0 Å². The highest BCUT2D eigenvalue weighted by molar-refractivity contribution is 4.95. The van der Waals surface area contributed by atoms with E-state index in [0.29, 0.717) is 26.4 Å². The first-order valence-corrected chi connectivity index (χ1v) is 5.24. The third kappa shape index (κ3) is 2.58. The van der Waals surface area contributed by atoms with Gasteiger partial charge >= 0.3 is 6.16 Å². The predicted octanol–water partition coefficient (Wildman–Crippen LogP) is 1.66. The molecule has 2 heterocycles. The van der Waals surface area contributed by atoms with Gasteiger partial charge in [-0.05, 0) is 12.0 Å². The van der Waals surface area contributed by atoms with Gasteiger partial charge in [0.1, 0.15) is 0 Å². The van der Waals surface area contributed by atoms with Crippen molar-refractivity contribution in [3.8, 4) is 0 Å². The Morgan fingerprint density at radius 2 is 1.73 bits per heavy atom. The molecule has 4 heteroatoms. The molecule has 0 N–H and O–H groups in total. The van der Waals surface area contributed by atoms with Crippen molar-refractivity contribution in [2.45, 2.75) is 26.4 Å². The standard InChI is InChI=1S/C11H18O4/c1-9-4-5-12-11(13-6-9)14-7-10(2,3)8-15-11/h1,4-8H2,2-3H3. The highest BCUT2D eigenvalue weighted by atomic mass is 17.0. The molecule has 2 aliphatic heterocycles. The van der Waals surface area contributed by atoms with Crippen LogP contribution in [0.3, 0.4) is 0 Å². The van der Waals surface area contributed by atoms with E-state index in [1.807, 2.05) is 0 Å². The summed E-state index contributed by atoms with van der Waals surface area (Å²) in [6.07, 6.45) is -0.493. The van der Waals surface area contributed by atoms with Crippen molar-refractivity contribution in [2.24, 2.45) is 5.41 Å². The second-order valence-corrected chi connectivity index (χ2v) is 4.88. The van der Waals surface area contributed by atoms with Crippen molar-refractivity contribution in [3.63, 3.8) is 0 Å². The quantitative estimate of drug-likeness (QED) is 0.575. The first-order valence-electron chi connectivity index (χ1n) is 5.24. The van der Waals surface area contributed by atoms with Crippen molar-refractivity contribution in [3.05, 3.63) is 12.2 Å². The van der Waals surface area contributed by atoms with Gasteiger partial charge in [-0.25, -0.2) is 0 Å². The lowest BCUT2D eigenvalue weighted by Gasteiger charge is -2.40. The summed E-state index contributed by atoms with van der Waals surface area (Å²) < 4.78 is 22.0. The third-order valence-electron chi connectivity index (χ3n) is 2.47. The highest BCUT2D eigenvalue weighted by Gasteiger charge is 2.44. The predicted molar refractivity (Wildman–Crippen MR) is 54.1 cm³/mol. The van der Waals surface area contributed by atoms with Crippen LogP contribution in [-0.2, 0) is 18.9 Å². The summed E-state index contributed by atoms with van der Waals surface area (Å²) >= 11 is 0. The fraction of sp³-hybridized carbons (Fsp3) is 0.818. The van der Waals surface area contributed by atoms with E-state index in [4.69, 9.17) is 18.9 Å². The van der Waals surface area contributed by atoms with Crippen molar-refractivity contribution in [2.75, 3.05) is 26.4 Å². The molecule has 0 atom stereocenters. The third-order valence-corrected chi connectivity index (χ3v) is 2.47. The summed E-state index contributed by atoms with van der Waals surface area (Å²) in [5.41, 5.74) is 1.02. The van der Waals surface area contributed by atoms with Crippen LogP contribution in [0, 0.1) is 5.41 Å². The zero-order valence-electron chi connectivity index (χ0n) is 9.38. The maximum Gasteiger partial charge on any atom is 0.413 e. The van der Waals surface area contributed by atoms with Gasteiger partial charge in [0.05, 0.1) is 26.4 Å². The van der Waals surface area contributed by atoms with Crippen molar-refractivity contribution < 1.29 is 18.9 Å². The molecule has 2 fully saturated rings. The number of ether oxygens (including phenoxy) is 4. The van der Waals surface area contributed by atoms with Crippen molar-refractivity contribution in [1.82, 2.24) is 0 Å². The molecule has 4 nitrogen and oxygen atoms in total. The average Bonchev–Trinajstić information content (AvgIpc) is 2.36. The molecule has 0 aliphatic carbocycles. The van der Waals surface area contributed by atoms with Crippen LogP contribution in [0.2, 0.25) is 0 Å². The van der Waals surface area contributed by atoms with Crippen LogP contribution in [0.1, 0.15) is 20.3 Å². The Morgan fingerprint density at radius 1 is 1.07 bits per heavy atom. The fourth-order valence-corrected chi connectivity index (χ4v) is 1.44. The summed E-state index contributed by atoms with van der Waals surface area (Å²) in [7, 11) is 0. The molecule has 2 rings (SSSR count). The Hall–Kier alpha value is -0.420. The molecule has 0 aromatic heterocycles. The summed E-state index contributed by atoms with van der Waals surface area (Å²) in [4.78, 5) is 0. The van der Waals surface area contributed by atoms with Gasteiger partial charge in [-0.2, -0.15) is 0 Å². The molecule has 0 aromatic rings. The number of hydrogen-bond acceptors (Lipinski definition) is 4. The van der Waals surface area contributed by atoms with Gasteiger partial charge in [0.15, 0.2) is 0 Å². The van der Waals surface area contributed by atoms with Gasteiger partial charge in [0, 0.05) is 5.41 Å². The molecule has 15 heavy (non-hydrogen) atoms. The van der Waals surface area contributed by atoms with Gasteiger partial charge in [-0.3, -0.25) is 4.74 Å². The fourth-order valence-electron chi connectivity index (χ4n) is 1.44. The van der Waals surface area contributed by atoms with Crippen LogP contribution < -0.4 is 0 Å². The van der Waals surface area contributed by atoms with E-state index in [-0.39, 0.29) is 5.41 Å². The van der Waals surface area contributed by atoms with Crippen LogP contribution in [0.4, 0.5) is 0 Å². The van der Waals surface area contributed by atoms with Crippen LogP contribution in [0.5, 0.6) is 0 Å². The molecule has 86 valence electrons. The highest BCUT2D eigenvalue weighted by Crippen LogP contribution is 2.32. The summed E-state index contributed by atoms with van der Waals surface area (Å²) in [5, 5.41) is 0. The topological polar surface area (TPSA) is 36.9 Å². The Morgan fingerprint density at radius 3 is 2.40 bits per heavy atom. The summed E-state index contributed by atoms with van der Waals surface area (Å²) in [5.74, 6) is 0. The largest absolute Gasteiger partial charge is 0.413 e. The second kappa shape index (κ2) is 3.87. The Balaban J connectivity index is 1.99. The summed E-state index contributed by atoms with van der Waals surface area (Å²) in [6.45, 7) is 10.1. The minimum Gasteiger partial charge on any atom is -0.303 e. The Kier molecular flexibility index (Phi) is 2.85. The minimum absolute atomic E-state index is 0.0152. The van der Waals surface area contributed by atoms with E-state index in [9.17, 15) is 0 Å². The molecule has 1 spiro atoms. The molecule has 2 saturated heterocycles. The monoisotopic (exact) mass is 214 g/mol. The molecular weight excluding hydrogens is 196 g/mol. The molecule has 0 radical (unpaired) electrons. The maximum atomic E-state index is 5.54. The molecule has 0 aromatic carbocycles. The first kappa shape index (κ1) is 11.1. The van der Waals surface area contributed by atoms with Crippen molar-refractivity contribution in [1.29, 1.82) is 0 Å². The van der Waals surface area contributed by atoms with E-state index >= 15 is 0 Å². The van der Waals surface area contributed by atoms with Crippen molar-refractivity contribution >= 4 is 0 Å². The second-order valence-electron chi connectivity index (χ2n) is 4.88. The van der Waals surface area contributed by atoms with Gasteiger partial charge in [-0.15, -0.1) is 0 Å². The smallest absolute Gasteiger partial charge is 0.303 e. The SMILES string of the molecule is C=C1CCOC2(OC1)OCC(C)(C)CO2. The molecule has 2 aliphatic rings. The van der Waals surface area contributed by atoms with Crippen LogP contribution in [0.25, 0.3) is 0 Å².